The zero-order valence-corrected chi connectivity index (χ0v) is 14.6. The normalized spacial score (nSPS) is 19.1. The smallest absolute Gasteiger partial charge is 0.345 e. The first-order valence-electron chi connectivity index (χ1n) is 8.49. The highest BCUT2D eigenvalue weighted by atomic mass is 32.1. The molecular formula is C16H21N5O2S. The topological polar surface area (TPSA) is 81.8 Å². The van der Waals surface area contributed by atoms with Gasteiger partial charge in [-0.2, -0.15) is 5.10 Å². The number of hydrogen-bond acceptors (Lipinski definition) is 5. The fourth-order valence-corrected chi connectivity index (χ4v) is 4.70. The third-order valence-electron chi connectivity index (χ3n) is 4.85. The van der Waals surface area contributed by atoms with E-state index in [2.05, 4.69) is 15.4 Å². The number of thiazole rings is 1. The molecule has 128 valence electrons. The molecule has 0 spiro atoms. The molecule has 1 unspecified atom stereocenters. The average Bonchev–Trinajstić information content (AvgIpc) is 3.22. The van der Waals surface area contributed by atoms with E-state index in [4.69, 9.17) is 0 Å². The zero-order valence-electron chi connectivity index (χ0n) is 13.7. The fourth-order valence-electron chi connectivity index (χ4n) is 3.54. The standard InChI is InChI=1S/C16H21N5O2S/c1-20-16(23)21-9-10(5-6-13(21)19-20)15(22)17-8-7-14-18-11-3-2-4-12(11)24-14/h10H,2-9H2,1H3,(H,17,22). The number of fused-ring (bicyclic) bond motifs is 2. The molecule has 2 aromatic heterocycles. The number of aromatic nitrogens is 4. The van der Waals surface area contributed by atoms with Crippen molar-refractivity contribution in [2.75, 3.05) is 6.54 Å². The Hall–Kier alpha value is -1.96. The Morgan fingerprint density at radius 3 is 3.08 bits per heavy atom. The molecule has 7 nitrogen and oxygen atoms in total. The van der Waals surface area contributed by atoms with Gasteiger partial charge in [-0.05, 0) is 25.7 Å². The van der Waals surface area contributed by atoms with E-state index < -0.39 is 0 Å². The van der Waals surface area contributed by atoms with Crippen molar-refractivity contribution in [3.05, 3.63) is 31.9 Å². The van der Waals surface area contributed by atoms with Crippen LogP contribution < -0.4 is 11.0 Å². The summed E-state index contributed by atoms with van der Waals surface area (Å²) < 4.78 is 2.97. The second-order valence-electron chi connectivity index (χ2n) is 6.54. The molecule has 1 atom stereocenters. The molecule has 3 heterocycles. The van der Waals surface area contributed by atoms with Gasteiger partial charge in [0.1, 0.15) is 5.82 Å². The van der Waals surface area contributed by atoms with Gasteiger partial charge in [0.25, 0.3) is 0 Å². The Morgan fingerprint density at radius 2 is 2.25 bits per heavy atom. The van der Waals surface area contributed by atoms with E-state index in [9.17, 15) is 9.59 Å². The zero-order chi connectivity index (χ0) is 16.7. The summed E-state index contributed by atoms with van der Waals surface area (Å²) in [5, 5.41) is 8.33. The summed E-state index contributed by atoms with van der Waals surface area (Å²) in [4.78, 5) is 30.4. The third-order valence-corrected chi connectivity index (χ3v) is 6.07. The first-order valence-corrected chi connectivity index (χ1v) is 9.31. The van der Waals surface area contributed by atoms with Crippen molar-refractivity contribution in [2.24, 2.45) is 13.0 Å². The van der Waals surface area contributed by atoms with Crippen LogP contribution in [0.15, 0.2) is 4.79 Å². The van der Waals surface area contributed by atoms with Gasteiger partial charge in [-0.1, -0.05) is 0 Å². The van der Waals surface area contributed by atoms with Crippen molar-refractivity contribution in [1.82, 2.24) is 24.6 Å². The van der Waals surface area contributed by atoms with Gasteiger partial charge >= 0.3 is 5.69 Å². The Kier molecular flexibility index (Phi) is 3.99. The molecule has 1 aliphatic heterocycles. The highest BCUT2D eigenvalue weighted by molar-refractivity contribution is 7.11. The summed E-state index contributed by atoms with van der Waals surface area (Å²) in [7, 11) is 1.65. The van der Waals surface area contributed by atoms with Crippen LogP contribution in [0.25, 0.3) is 0 Å². The van der Waals surface area contributed by atoms with Gasteiger partial charge in [0.2, 0.25) is 5.91 Å². The summed E-state index contributed by atoms with van der Waals surface area (Å²) in [5.74, 6) is 0.657. The van der Waals surface area contributed by atoms with E-state index in [0.29, 0.717) is 19.5 Å². The molecule has 0 bridgehead atoms. The maximum absolute atomic E-state index is 12.4. The predicted octanol–water partition coefficient (Wildman–Crippen LogP) is 0.448. The number of carbonyl (C=O) groups is 1. The first-order chi connectivity index (χ1) is 11.6. The van der Waals surface area contributed by atoms with Crippen LogP contribution in [0.5, 0.6) is 0 Å². The summed E-state index contributed by atoms with van der Waals surface area (Å²) in [5.41, 5.74) is 1.12. The van der Waals surface area contributed by atoms with Gasteiger partial charge in [0.15, 0.2) is 0 Å². The van der Waals surface area contributed by atoms with Gasteiger partial charge in [-0.25, -0.2) is 14.5 Å². The van der Waals surface area contributed by atoms with Gasteiger partial charge in [-0.15, -0.1) is 11.3 Å². The lowest BCUT2D eigenvalue weighted by Crippen LogP contribution is -2.39. The van der Waals surface area contributed by atoms with Crippen LogP contribution in [-0.4, -0.2) is 31.8 Å². The van der Waals surface area contributed by atoms with E-state index in [1.165, 1.54) is 21.7 Å². The minimum Gasteiger partial charge on any atom is -0.355 e. The summed E-state index contributed by atoms with van der Waals surface area (Å²) in [6.45, 7) is 1.04. The minimum absolute atomic E-state index is 0.0282. The van der Waals surface area contributed by atoms with Crippen LogP contribution in [0.2, 0.25) is 0 Å². The van der Waals surface area contributed by atoms with Gasteiger partial charge in [-0.3, -0.25) is 9.36 Å². The lowest BCUT2D eigenvalue weighted by molar-refractivity contribution is -0.125. The van der Waals surface area contributed by atoms with E-state index >= 15 is 0 Å². The third kappa shape index (κ3) is 2.79. The van der Waals surface area contributed by atoms with Crippen molar-refractivity contribution < 1.29 is 4.79 Å². The monoisotopic (exact) mass is 347 g/mol. The number of hydrogen-bond donors (Lipinski definition) is 1. The lowest BCUT2D eigenvalue weighted by atomic mass is 9.98. The van der Waals surface area contributed by atoms with Crippen molar-refractivity contribution in [3.8, 4) is 0 Å². The van der Waals surface area contributed by atoms with Crippen LogP contribution in [0.4, 0.5) is 0 Å². The molecule has 1 N–H and O–H groups in total. The van der Waals surface area contributed by atoms with Crippen LogP contribution in [-0.2, 0) is 44.1 Å². The van der Waals surface area contributed by atoms with E-state index in [1.807, 2.05) is 0 Å². The quantitative estimate of drug-likeness (QED) is 0.871. The van der Waals surface area contributed by atoms with Crippen LogP contribution in [0.3, 0.4) is 0 Å². The van der Waals surface area contributed by atoms with Crippen molar-refractivity contribution in [2.45, 2.75) is 45.1 Å². The minimum atomic E-state index is -0.152. The predicted molar refractivity (Wildman–Crippen MR) is 90.1 cm³/mol. The van der Waals surface area contributed by atoms with Crippen molar-refractivity contribution in [3.63, 3.8) is 0 Å². The van der Waals surface area contributed by atoms with E-state index in [-0.39, 0.29) is 17.5 Å². The Labute approximate surface area is 143 Å². The molecule has 2 aromatic rings. The Morgan fingerprint density at radius 1 is 1.38 bits per heavy atom. The second kappa shape index (κ2) is 6.16. The highest BCUT2D eigenvalue weighted by Gasteiger charge is 2.27. The van der Waals surface area contributed by atoms with Crippen molar-refractivity contribution in [1.29, 1.82) is 0 Å². The SMILES string of the molecule is Cn1nc2n(c1=O)CC(C(=O)NCCc1nc3c(s1)CCC3)CC2. The molecule has 0 saturated heterocycles. The molecule has 4 rings (SSSR count). The number of amides is 1. The molecule has 1 amide bonds. The van der Waals surface area contributed by atoms with Gasteiger partial charge in [0, 0.05) is 37.9 Å². The number of nitrogens with zero attached hydrogens (tertiary/aromatic N) is 4. The molecule has 8 heteroatoms. The molecule has 0 aromatic carbocycles. The highest BCUT2D eigenvalue weighted by Crippen LogP contribution is 2.27. The maximum Gasteiger partial charge on any atom is 0.345 e. The molecular weight excluding hydrogens is 326 g/mol. The number of nitrogens with one attached hydrogen (secondary N) is 1. The molecule has 24 heavy (non-hydrogen) atoms. The fraction of sp³-hybridized carbons (Fsp3) is 0.625. The summed E-state index contributed by atoms with van der Waals surface area (Å²) in [6, 6.07) is 0. The molecule has 0 fully saturated rings. The second-order valence-corrected chi connectivity index (χ2v) is 7.71. The van der Waals surface area contributed by atoms with Crippen LogP contribution in [0.1, 0.15) is 34.2 Å². The largest absolute Gasteiger partial charge is 0.355 e. The summed E-state index contributed by atoms with van der Waals surface area (Å²) >= 11 is 1.79. The van der Waals surface area contributed by atoms with Crippen molar-refractivity contribution >= 4 is 17.2 Å². The molecule has 2 aliphatic rings. The number of aryl methyl sites for hydroxylation is 4. The molecule has 0 radical (unpaired) electrons. The first kappa shape index (κ1) is 15.6. The van der Waals surface area contributed by atoms with E-state index in [0.717, 1.165) is 36.5 Å². The Balaban J connectivity index is 1.32. The van der Waals surface area contributed by atoms with Crippen LogP contribution in [0, 0.1) is 5.92 Å². The van der Waals surface area contributed by atoms with Crippen LogP contribution >= 0.6 is 11.3 Å². The lowest BCUT2D eigenvalue weighted by Gasteiger charge is -2.21. The number of carbonyl (C=O) groups excluding carboxylic acids is 1. The number of rotatable bonds is 4. The van der Waals surface area contributed by atoms with Gasteiger partial charge < -0.3 is 5.32 Å². The van der Waals surface area contributed by atoms with E-state index in [1.54, 1.807) is 23.0 Å². The summed E-state index contributed by atoms with van der Waals surface area (Å²) in [6.07, 6.45) is 5.68. The Bertz CT molecular complexity index is 813. The van der Waals surface area contributed by atoms with Gasteiger partial charge in [0.05, 0.1) is 16.6 Å². The molecule has 0 saturated carbocycles. The average molecular weight is 347 g/mol. The molecule has 1 aliphatic carbocycles. The maximum atomic E-state index is 12.4.